The van der Waals surface area contributed by atoms with Crippen molar-refractivity contribution < 1.29 is 8.78 Å². The molecule has 0 aliphatic rings. The Morgan fingerprint density at radius 3 is 2.54 bits per heavy atom. The van der Waals surface area contributed by atoms with Crippen molar-refractivity contribution in [2.45, 2.75) is 20.4 Å². The van der Waals surface area contributed by atoms with E-state index in [2.05, 4.69) is 5.32 Å². The lowest BCUT2D eigenvalue weighted by Gasteiger charge is -2.05. The summed E-state index contributed by atoms with van der Waals surface area (Å²) in [4.78, 5) is 0. The fourth-order valence-electron chi connectivity index (χ4n) is 1.11. The summed E-state index contributed by atoms with van der Waals surface area (Å²) in [5.74, 6) is -0.971. The maximum atomic E-state index is 13.1. The second kappa shape index (κ2) is 4.33. The van der Waals surface area contributed by atoms with Crippen molar-refractivity contribution >= 4 is 0 Å². The molecule has 0 amide bonds. The highest BCUT2D eigenvalue weighted by Gasteiger charge is 2.05. The molecule has 1 aromatic rings. The molecule has 0 heterocycles. The van der Waals surface area contributed by atoms with Gasteiger partial charge in [0.15, 0.2) is 0 Å². The van der Waals surface area contributed by atoms with E-state index in [4.69, 9.17) is 0 Å². The number of hydrogen-bond donors (Lipinski definition) is 1. The fourth-order valence-corrected chi connectivity index (χ4v) is 1.11. The van der Waals surface area contributed by atoms with Gasteiger partial charge in [-0.05, 0) is 25.1 Å². The van der Waals surface area contributed by atoms with Crippen LogP contribution in [0.5, 0.6) is 0 Å². The molecule has 0 spiro atoms. The molecule has 0 radical (unpaired) electrons. The van der Waals surface area contributed by atoms with E-state index in [0.717, 1.165) is 12.6 Å². The van der Waals surface area contributed by atoms with Crippen LogP contribution < -0.4 is 5.32 Å². The lowest BCUT2D eigenvalue weighted by Crippen LogP contribution is -2.13. The van der Waals surface area contributed by atoms with E-state index in [1.54, 1.807) is 6.92 Å². The van der Waals surface area contributed by atoms with E-state index >= 15 is 0 Å². The zero-order valence-electron chi connectivity index (χ0n) is 7.82. The molecule has 0 saturated heterocycles. The lowest BCUT2D eigenvalue weighted by atomic mass is 10.1. The van der Waals surface area contributed by atoms with Gasteiger partial charge in [-0.3, -0.25) is 0 Å². The van der Waals surface area contributed by atoms with Crippen LogP contribution in [-0.4, -0.2) is 6.54 Å². The monoisotopic (exact) mass is 185 g/mol. The Hall–Kier alpha value is -0.960. The second-order valence-corrected chi connectivity index (χ2v) is 2.97. The standard InChI is InChI=1S/C10H13F2N/c1-3-13-6-8-4-7(2)9(11)5-10(8)12/h4-5,13H,3,6H2,1-2H3. The minimum atomic E-state index is -0.488. The third kappa shape index (κ3) is 2.49. The van der Waals surface area contributed by atoms with E-state index in [0.29, 0.717) is 17.7 Å². The number of hydrogen-bond acceptors (Lipinski definition) is 1. The summed E-state index contributed by atoms with van der Waals surface area (Å²) in [6.45, 7) is 4.79. The Morgan fingerprint density at radius 1 is 1.23 bits per heavy atom. The molecule has 3 heteroatoms. The van der Waals surface area contributed by atoms with Crippen molar-refractivity contribution in [3.63, 3.8) is 0 Å². The fraction of sp³-hybridized carbons (Fsp3) is 0.400. The van der Waals surface area contributed by atoms with Crippen LogP contribution in [0.25, 0.3) is 0 Å². The summed E-state index contributed by atoms with van der Waals surface area (Å²) >= 11 is 0. The molecule has 0 aromatic heterocycles. The Labute approximate surface area is 76.8 Å². The van der Waals surface area contributed by atoms with Gasteiger partial charge in [0.2, 0.25) is 0 Å². The van der Waals surface area contributed by atoms with Gasteiger partial charge in [0.25, 0.3) is 0 Å². The van der Waals surface area contributed by atoms with Crippen molar-refractivity contribution in [2.24, 2.45) is 0 Å². The number of halogens is 2. The van der Waals surface area contributed by atoms with Gasteiger partial charge in [-0.1, -0.05) is 6.92 Å². The van der Waals surface area contributed by atoms with Crippen LogP contribution in [0.15, 0.2) is 12.1 Å². The maximum absolute atomic E-state index is 13.1. The highest BCUT2D eigenvalue weighted by Crippen LogP contribution is 2.13. The van der Waals surface area contributed by atoms with Gasteiger partial charge in [-0.25, -0.2) is 8.78 Å². The van der Waals surface area contributed by atoms with E-state index < -0.39 is 11.6 Å². The maximum Gasteiger partial charge on any atom is 0.130 e. The first-order valence-corrected chi connectivity index (χ1v) is 4.30. The Morgan fingerprint density at radius 2 is 1.92 bits per heavy atom. The van der Waals surface area contributed by atoms with Gasteiger partial charge in [-0.2, -0.15) is 0 Å². The quantitative estimate of drug-likeness (QED) is 0.762. The van der Waals surface area contributed by atoms with E-state index in [9.17, 15) is 8.78 Å². The van der Waals surface area contributed by atoms with Crippen LogP contribution in [-0.2, 0) is 6.54 Å². The molecule has 1 aromatic carbocycles. The van der Waals surface area contributed by atoms with Crippen LogP contribution in [0.2, 0.25) is 0 Å². The highest BCUT2D eigenvalue weighted by atomic mass is 19.1. The van der Waals surface area contributed by atoms with Gasteiger partial charge in [0, 0.05) is 18.2 Å². The molecule has 72 valence electrons. The topological polar surface area (TPSA) is 12.0 Å². The molecular weight excluding hydrogens is 172 g/mol. The number of rotatable bonds is 3. The summed E-state index contributed by atoms with van der Waals surface area (Å²) in [6.07, 6.45) is 0. The number of benzene rings is 1. The molecule has 0 bridgehead atoms. The van der Waals surface area contributed by atoms with Crippen LogP contribution in [0, 0.1) is 18.6 Å². The normalized spacial score (nSPS) is 10.5. The zero-order valence-corrected chi connectivity index (χ0v) is 7.82. The SMILES string of the molecule is CCNCc1cc(C)c(F)cc1F. The Bertz CT molecular complexity index is 297. The van der Waals surface area contributed by atoms with Crippen LogP contribution in [0.4, 0.5) is 8.78 Å². The highest BCUT2D eigenvalue weighted by molar-refractivity contribution is 5.25. The van der Waals surface area contributed by atoms with Crippen LogP contribution in [0.3, 0.4) is 0 Å². The van der Waals surface area contributed by atoms with Crippen molar-refractivity contribution in [3.05, 3.63) is 34.9 Å². The molecule has 1 rings (SSSR count). The molecular formula is C10H13F2N. The third-order valence-corrected chi connectivity index (χ3v) is 1.89. The van der Waals surface area contributed by atoms with Crippen molar-refractivity contribution in [3.8, 4) is 0 Å². The first-order valence-electron chi connectivity index (χ1n) is 4.30. The summed E-state index contributed by atoms with van der Waals surface area (Å²) in [5.41, 5.74) is 0.995. The van der Waals surface area contributed by atoms with E-state index in [-0.39, 0.29) is 0 Å². The van der Waals surface area contributed by atoms with Crippen molar-refractivity contribution in [2.75, 3.05) is 6.54 Å². The molecule has 0 fully saturated rings. The van der Waals surface area contributed by atoms with Crippen LogP contribution >= 0.6 is 0 Å². The molecule has 1 N–H and O–H groups in total. The third-order valence-electron chi connectivity index (χ3n) is 1.89. The van der Waals surface area contributed by atoms with Crippen molar-refractivity contribution in [1.29, 1.82) is 0 Å². The van der Waals surface area contributed by atoms with E-state index in [1.807, 2.05) is 6.92 Å². The van der Waals surface area contributed by atoms with Gasteiger partial charge in [0.05, 0.1) is 0 Å². The number of nitrogens with one attached hydrogen (secondary N) is 1. The summed E-state index contributed by atoms with van der Waals surface area (Å²) in [6, 6.07) is 2.47. The molecule has 0 aliphatic heterocycles. The van der Waals surface area contributed by atoms with Crippen molar-refractivity contribution in [1.82, 2.24) is 5.32 Å². The Kier molecular flexibility index (Phi) is 3.37. The molecule has 0 atom stereocenters. The average molecular weight is 185 g/mol. The minimum Gasteiger partial charge on any atom is -0.313 e. The second-order valence-electron chi connectivity index (χ2n) is 2.97. The molecule has 13 heavy (non-hydrogen) atoms. The average Bonchev–Trinajstić information content (AvgIpc) is 2.09. The van der Waals surface area contributed by atoms with Gasteiger partial charge in [0.1, 0.15) is 11.6 Å². The first kappa shape index (κ1) is 10.1. The van der Waals surface area contributed by atoms with Crippen LogP contribution in [0.1, 0.15) is 18.1 Å². The molecule has 1 nitrogen and oxygen atoms in total. The predicted octanol–water partition coefficient (Wildman–Crippen LogP) is 2.38. The Balaban J connectivity index is 2.88. The first-order chi connectivity index (χ1) is 6.15. The van der Waals surface area contributed by atoms with Gasteiger partial charge < -0.3 is 5.32 Å². The van der Waals surface area contributed by atoms with Gasteiger partial charge in [-0.15, -0.1) is 0 Å². The smallest absolute Gasteiger partial charge is 0.130 e. The predicted molar refractivity (Wildman–Crippen MR) is 48.5 cm³/mol. The van der Waals surface area contributed by atoms with Gasteiger partial charge >= 0.3 is 0 Å². The summed E-state index contributed by atoms with van der Waals surface area (Å²) in [7, 11) is 0. The zero-order chi connectivity index (χ0) is 9.84. The molecule has 0 unspecified atom stereocenters. The molecule has 0 saturated carbocycles. The number of aryl methyl sites for hydroxylation is 1. The minimum absolute atomic E-state index is 0.448. The summed E-state index contributed by atoms with van der Waals surface area (Å²) in [5, 5.41) is 2.99. The molecule has 0 aliphatic carbocycles. The summed E-state index contributed by atoms with van der Waals surface area (Å²) < 4.78 is 25.9. The lowest BCUT2D eigenvalue weighted by molar-refractivity contribution is 0.558. The largest absolute Gasteiger partial charge is 0.313 e. The van der Waals surface area contributed by atoms with E-state index in [1.165, 1.54) is 6.07 Å².